The fraction of sp³-hybridized carbons (Fsp3) is 0.476. The van der Waals surface area contributed by atoms with E-state index < -0.39 is 0 Å². The van der Waals surface area contributed by atoms with Crippen molar-refractivity contribution in [2.24, 2.45) is 0 Å². The van der Waals surface area contributed by atoms with Crippen LogP contribution >= 0.6 is 11.6 Å². The van der Waals surface area contributed by atoms with Crippen molar-refractivity contribution in [3.63, 3.8) is 0 Å². The van der Waals surface area contributed by atoms with Gasteiger partial charge in [-0.15, -0.1) is 0 Å². The summed E-state index contributed by atoms with van der Waals surface area (Å²) in [4.78, 5) is 13.8. The summed E-state index contributed by atoms with van der Waals surface area (Å²) in [6.45, 7) is 5.31. The predicted molar refractivity (Wildman–Crippen MR) is 120 cm³/mol. The van der Waals surface area contributed by atoms with Gasteiger partial charge in [-0.3, -0.25) is 0 Å². The van der Waals surface area contributed by atoms with Crippen molar-refractivity contribution >= 4 is 34.5 Å². The molecular weight excluding hydrogens is 404 g/mol. The third-order valence-electron chi connectivity index (χ3n) is 5.00. The molecule has 0 aliphatic rings. The van der Waals surface area contributed by atoms with E-state index >= 15 is 0 Å². The number of benzene rings is 1. The van der Waals surface area contributed by atoms with Gasteiger partial charge in [0.05, 0.1) is 19.0 Å². The van der Waals surface area contributed by atoms with Crippen molar-refractivity contribution in [1.29, 1.82) is 0 Å². The molecule has 1 unspecified atom stereocenters. The third-order valence-corrected chi connectivity index (χ3v) is 5.24. The van der Waals surface area contributed by atoms with Gasteiger partial charge in [0.15, 0.2) is 17.0 Å². The smallest absolute Gasteiger partial charge is 0.227 e. The Labute approximate surface area is 181 Å². The Hall–Kier alpha value is -2.58. The first-order chi connectivity index (χ1) is 14.5. The number of aliphatic hydroxyl groups excluding tert-OH is 1. The topological polar surface area (TPSA) is 108 Å². The van der Waals surface area contributed by atoms with Gasteiger partial charge in [0, 0.05) is 23.7 Å². The van der Waals surface area contributed by atoms with E-state index in [1.165, 1.54) is 0 Å². The van der Waals surface area contributed by atoms with Gasteiger partial charge in [-0.2, -0.15) is 9.97 Å². The number of rotatable bonds is 11. The van der Waals surface area contributed by atoms with Crippen molar-refractivity contribution < 1.29 is 10.2 Å². The number of hydrogen-bond donors (Lipinski definition) is 4. The number of aromatic nitrogens is 4. The molecule has 2 aromatic heterocycles. The Morgan fingerprint density at radius 3 is 2.77 bits per heavy atom. The summed E-state index contributed by atoms with van der Waals surface area (Å²) in [7, 11) is 0. The van der Waals surface area contributed by atoms with Gasteiger partial charge in [-0.25, -0.2) is 4.98 Å². The van der Waals surface area contributed by atoms with Crippen molar-refractivity contribution in [3.05, 3.63) is 35.1 Å². The lowest BCUT2D eigenvalue weighted by molar-refractivity contribution is 0.271. The van der Waals surface area contributed by atoms with E-state index in [9.17, 15) is 10.2 Å². The molecular formula is C21H29ClN6O2. The van der Waals surface area contributed by atoms with Gasteiger partial charge in [-0.05, 0) is 31.0 Å². The van der Waals surface area contributed by atoms with E-state index in [0.717, 1.165) is 37.9 Å². The molecule has 162 valence electrons. The van der Waals surface area contributed by atoms with Crippen LogP contribution in [0.15, 0.2) is 24.5 Å². The van der Waals surface area contributed by atoms with Gasteiger partial charge in [0.1, 0.15) is 5.75 Å². The molecule has 4 N–H and O–H groups in total. The van der Waals surface area contributed by atoms with Crippen molar-refractivity contribution in [1.82, 2.24) is 19.5 Å². The molecule has 9 heteroatoms. The number of nitrogens with one attached hydrogen (secondary N) is 2. The molecule has 0 aliphatic heterocycles. The lowest BCUT2D eigenvalue weighted by atomic mass is 10.2. The van der Waals surface area contributed by atoms with Crippen LogP contribution in [-0.4, -0.2) is 42.4 Å². The second kappa shape index (κ2) is 10.4. The fourth-order valence-electron chi connectivity index (χ4n) is 3.16. The molecule has 30 heavy (non-hydrogen) atoms. The summed E-state index contributed by atoms with van der Waals surface area (Å²) in [5.41, 5.74) is 2.05. The number of nitrogens with zero attached hydrogens (tertiary/aromatic N) is 4. The number of aromatic hydroxyl groups is 1. The Balaban J connectivity index is 1.92. The summed E-state index contributed by atoms with van der Waals surface area (Å²) in [6, 6.07) is 4.79. The highest BCUT2D eigenvalue weighted by molar-refractivity contribution is 6.30. The number of imidazole rings is 1. The van der Waals surface area contributed by atoms with Crippen LogP contribution in [0.5, 0.6) is 5.75 Å². The van der Waals surface area contributed by atoms with Crippen LogP contribution in [0.25, 0.3) is 11.2 Å². The summed E-state index contributed by atoms with van der Waals surface area (Å²) in [5.74, 6) is 1.15. The number of aryl methyl sites for hydroxylation is 1. The maximum absolute atomic E-state index is 10.1. The van der Waals surface area contributed by atoms with Crippen LogP contribution in [0.4, 0.5) is 11.8 Å². The van der Waals surface area contributed by atoms with Crippen LogP contribution in [0.2, 0.25) is 5.02 Å². The number of unbranched alkanes of at least 4 members (excludes halogenated alkanes) is 2. The second-order valence-electron chi connectivity index (χ2n) is 7.27. The predicted octanol–water partition coefficient (Wildman–Crippen LogP) is 4.17. The van der Waals surface area contributed by atoms with E-state index in [0.29, 0.717) is 34.4 Å². The molecule has 2 heterocycles. The number of fused-ring (bicyclic) bond motifs is 1. The Kier molecular flexibility index (Phi) is 7.70. The van der Waals surface area contributed by atoms with Crippen LogP contribution in [0.1, 0.15) is 45.1 Å². The molecule has 1 atom stereocenters. The Bertz CT molecular complexity index is 974. The van der Waals surface area contributed by atoms with Gasteiger partial charge >= 0.3 is 0 Å². The lowest BCUT2D eigenvalue weighted by Crippen LogP contribution is -2.24. The quantitative estimate of drug-likeness (QED) is 0.337. The van der Waals surface area contributed by atoms with Gasteiger partial charge < -0.3 is 25.4 Å². The number of hydrogen-bond acceptors (Lipinski definition) is 7. The monoisotopic (exact) mass is 432 g/mol. The first-order valence-electron chi connectivity index (χ1n) is 10.4. The zero-order valence-electron chi connectivity index (χ0n) is 17.4. The summed E-state index contributed by atoms with van der Waals surface area (Å²) >= 11 is 6.06. The van der Waals surface area contributed by atoms with E-state index in [2.05, 4.69) is 32.5 Å². The molecule has 0 fully saturated rings. The van der Waals surface area contributed by atoms with Crippen LogP contribution in [0.3, 0.4) is 0 Å². The minimum Gasteiger partial charge on any atom is -0.508 e. The average molecular weight is 433 g/mol. The number of anilines is 2. The molecule has 0 spiro atoms. The zero-order valence-corrected chi connectivity index (χ0v) is 18.2. The molecule has 0 amide bonds. The normalized spacial score (nSPS) is 12.3. The highest BCUT2D eigenvalue weighted by atomic mass is 35.5. The molecule has 1 aromatic carbocycles. The molecule has 8 nitrogen and oxygen atoms in total. The average Bonchev–Trinajstić information content (AvgIpc) is 3.15. The lowest BCUT2D eigenvalue weighted by Gasteiger charge is -2.16. The SMILES string of the molecule is CCCCCn1cnc2c(NCc3cc(Cl)ccc3O)nc(NC(CC)CO)nc21. The Morgan fingerprint density at radius 1 is 1.20 bits per heavy atom. The first-order valence-corrected chi connectivity index (χ1v) is 10.7. The number of aliphatic hydroxyl groups is 1. The summed E-state index contributed by atoms with van der Waals surface area (Å²) in [6.07, 6.45) is 5.84. The van der Waals surface area contributed by atoms with Crippen molar-refractivity contribution in [2.75, 3.05) is 17.2 Å². The summed E-state index contributed by atoms with van der Waals surface area (Å²) < 4.78 is 2.03. The van der Waals surface area contributed by atoms with E-state index in [1.54, 1.807) is 24.5 Å². The maximum Gasteiger partial charge on any atom is 0.227 e. The first kappa shape index (κ1) is 22.1. The molecule has 0 radical (unpaired) electrons. The number of phenolic OH excluding ortho intramolecular Hbond substituents is 1. The molecule has 3 aromatic rings. The van der Waals surface area contributed by atoms with E-state index in [1.807, 2.05) is 11.5 Å². The van der Waals surface area contributed by atoms with Gasteiger partial charge in [-0.1, -0.05) is 38.3 Å². The number of phenols is 1. The highest BCUT2D eigenvalue weighted by Crippen LogP contribution is 2.25. The Morgan fingerprint density at radius 2 is 2.03 bits per heavy atom. The highest BCUT2D eigenvalue weighted by Gasteiger charge is 2.16. The fourth-order valence-corrected chi connectivity index (χ4v) is 3.36. The van der Waals surface area contributed by atoms with Gasteiger partial charge in [0.25, 0.3) is 0 Å². The second-order valence-corrected chi connectivity index (χ2v) is 7.71. The largest absolute Gasteiger partial charge is 0.508 e. The molecule has 0 aliphatic carbocycles. The third kappa shape index (κ3) is 5.31. The van der Waals surface area contributed by atoms with Crippen LogP contribution < -0.4 is 10.6 Å². The van der Waals surface area contributed by atoms with E-state index in [4.69, 9.17) is 11.6 Å². The molecule has 0 bridgehead atoms. The van der Waals surface area contributed by atoms with Gasteiger partial charge in [0.2, 0.25) is 5.95 Å². The minimum absolute atomic E-state index is 0.00714. The maximum atomic E-state index is 10.1. The standard InChI is InChI=1S/C21H29ClN6O2/c1-3-5-6-9-28-13-24-18-19(23-11-14-10-15(22)7-8-17(14)30)26-21(27-20(18)28)25-16(4-2)12-29/h7-8,10,13,16,29-30H,3-6,9,11-12H2,1-2H3,(H2,23,25,26,27). The molecule has 0 saturated carbocycles. The van der Waals surface area contributed by atoms with Crippen LogP contribution in [0, 0.1) is 0 Å². The van der Waals surface area contributed by atoms with E-state index in [-0.39, 0.29) is 18.4 Å². The van der Waals surface area contributed by atoms with Crippen molar-refractivity contribution in [2.45, 2.75) is 58.7 Å². The zero-order chi connectivity index (χ0) is 21.5. The van der Waals surface area contributed by atoms with Crippen LogP contribution in [-0.2, 0) is 13.1 Å². The molecule has 0 saturated heterocycles. The molecule has 3 rings (SSSR count). The summed E-state index contributed by atoms with van der Waals surface area (Å²) in [5, 5.41) is 26.6. The minimum atomic E-state index is -0.135. The number of halogens is 1. The van der Waals surface area contributed by atoms with Crippen molar-refractivity contribution in [3.8, 4) is 5.75 Å².